The van der Waals surface area contributed by atoms with Gasteiger partial charge in [0.15, 0.2) is 11.5 Å². The number of aromatic hydroxyl groups is 1. The number of phenolic OH excluding ortho intramolecular Hbond substituents is 1. The van der Waals surface area contributed by atoms with E-state index in [9.17, 15) is 14.7 Å². The van der Waals surface area contributed by atoms with E-state index in [1.165, 1.54) is 7.11 Å². The number of esters is 1. The molecule has 3 aromatic rings. The van der Waals surface area contributed by atoms with Crippen LogP contribution in [0.5, 0.6) is 17.2 Å². The number of hydrogen-bond acceptors (Lipinski definition) is 5. The van der Waals surface area contributed by atoms with Crippen molar-refractivity contribution in [2.45, 2.75) is 12.5 Å². The molecular formula is C23H21NO5. The number of methoxy groups -OCH3 is 1. The first-order valence-electron chi connectivity index (χ1n) is 9.05. The van der Waals surface area contributed by atoms with Crippen molar-refractivity contribution in [3.05, 3.63) is 90.0 Å². The Hall–Kier alpha value is -3.80. The summed E-state index contributed by atoms with van der Waals surface area (Å²) in [5, 5.41) is 12.5. The Morgan fingerprint density at radius 3 is 2.24 bits per heavy atom. The van der Waals surface area contributed by atoms with Crippen LogP contribution in [0.15, 0.2) is 78.9 Å². The maximum absolute atomic E-state index is 12.4. The zero-order valence-electron chi connectivity index (χ0n) is 15.9. The second-order valence-electron chi connectivity index (χ2n) is 6.33. The summed E-state index contributed by atoms with van der Waals surface area (Å²) in [5.41, 5.74) is 1.28. The zero-order valence-corrected chi connectivity index (χ0v) is 15.9. The van der Waals surface area contributed by atoms with Gasteiger partial charge in [-0.05, 0) is 42.0 Å². The zero-order chi connectivity index (χ0) is 20.6. The van der Waals surface area contributed by atoms with E-state index in [0.29, 0.717) is 17.1 Å². The molecule has 6 nitrogen and oxygen atoms in total. The molecule has 29 heavy (non-hydrogen) atoms. The Kier molecular flexibility index (Phi) is 6.47. The van der Waals surface area contributed by atoms with Crippen molar-refractivity contribution < 1.29 is 24.2 Å². The molecule has 0 spiro atoms. The number of carbonyl (C=O) groups excluding carboxylic acids is 2. The van der Waals surface area contributed by atoms with Crippen LogP contribution in [0.25, 0.3) is 0 Å². The first-order valence-corrected chi connectivity index (χ1v) is 9.05. The van der Waals surface area contributed by atoms with E-state index >= 15 is 0 Å². The molecule has 0 fully saturated rings. The van der Waals surface area contributed by atoms with Crippen LogP contribution in [0.3, 0.4) is 0 Å². The summed E-state index contributed by atoms with van der Waals surface area (Å²) in [4.78, 5) is 24.5. The lowest BCUT2D eigenvalue weighted by Crippen LogP contribution is -2.43. The fraction of sp³-hybridized carbons (Fsp3) is 0.130. The van der Waals surface area contributed by atoms with Crippen LogP contribution in [-0.2, 0) is 16.0 Å². The minimum absolute atomic E-state index is 0.0472. The third kappa shape index (κ3) is 5.35. The van der Waals surface area contributed by atoms with Crippen LogP contribution in [0.4, 0.5) is 0 Å². The van der Waals surface area contributed by atoms with Gasteiger partial charge in [-0.25, -0.2) is 4.79 Å². The van der Waals surface area contributed by atoms with Gasteiger partial charge in [0.25, 0.3) is 5.91 Å². The SMILES string of the molecule is COC(=O)[C@H](Cc1ccc(Oc2ccccc2O)cc1)NC(=O)c1ccccc1. The van der Waals surface area contributed by atoms with E-state index in [1.54, 1.807) is 72.8 Å². The summed E-state index contributed by atoms with van der Waals surface area (Å²) in [7, 11) is 1.29. The number of para-hydroxylation sites is 2. The second-order valence-corrected chi connectivity index (χ2v) is 6.33. The van der Waals surface area contributed by atoms with E-state index in [-0.39, 0.29) is 18.1 Å². The van der Waals surface area contributed by atoms with Crippen molar-refractivity contribution in [1.29, 1.82) is 0 Å². The lowest BCUT2D eigenvalue weighted by atomic mass is 10.1. The molecule has 0 saturated carbocycles. The van der Waals surface area contributed by atoms with Gasteiger partial charge in [0, 0.05) is 12.0 Å². The summed E-state index contributed by atoms with van der Waals surface area (Å²) in [6, 6.07) is 21.6. The molecule has 1 amide bonds. The topological polar surface area (TPSA) is 84.9 Å². The summed E-state index contributed by atoms with van der Waals surface area (Å²) < 4.78 is 10.5. The lowest BCUT2D eigenvalue weighted by molar-refractivity contribution is -0.142. The van der Waals surface area contributed by atoms with Gasteiger partial charge >= 0.3 is 5.97 Å². The highest BCUT2D eigenvalue weighted by Gasteiger charge is 2.22. The van der Waals surface area contributed by atoms with Gasteiger partial charge < -0.3 is 19.9 Å². The Morgan fingerprint density at radius 2 is 1.59 bits per heavy atom. The first-order chi connectivity index (χ1) is 14.1. The highest BCUT2D eigenvalue weighted by molar-refractivity contribution is 5.96. The van der Waals surface area contributed by atoms with E-state index in [0.717, 1.165) is 5.56 Å². The smallest absolute Gasteiger partial charge is 0.328 e. The van der Waals surface area contributed by atoms with Crippen LogP contribution in [0.1, 0.15) is 15.9 Å². The van der Waals surface area contributed by atoms with Gasteiger partial charge in [0.05, 0.1) is 7.11 Å². The minimum atomic E-state index is -0.822. The molecule has 0 aromatic heterocycles. The molecule has 0 aliphatic heterocycles. The third-order valence-electron chi connectivity index (χ3n) is 4.28. The third-order valence-corrected chi connectivity index (χ3v) is 4.28. The standard InChI is InChI=1S/C23H21NO5/c1-28-23(27)19(24-22(26)17-7-3-2-4-8-17)15-16-11-13-18(14-12-16)29-21-10-6-5-9-20(21)25/h2-14,19,25H,15H2,1H3,(H,24,26)/t19-/m0/s1. The van der Waals surface area contributed by atoms with Crippen molar-refractivity contribution >= 4 is 11.9 Å². The van der Waals surface area contributed by atoms with Gasteiger partial charge in [-0.2, -0.15) is 0 Å². The predicted octanol–water partition coefficient (Wildman–Crippen LogP) is 3.70. The molecule has 0 saturated heterocycles. The van der Waals surface area contributed by atoms with Gasteiger partial charge in [-0.3, -0.25) is 4.79 Å². The molecule has 1 atom stereocenters. The average molecular weight is 391 g/mol. The van der Waals surface area contributed by atoms with Gasteiger partial charge in [0.1, 0.15) is 11.8 Å². The quantitative estimate of drug-likeness (QED) is 0.600. The number of nitrogens with one attached hydrogen (secondary N) is 1. The first kappa shape index (κ1) is 19.9. The lowest BCUT2D eigenvalue weighted by Gasteiger charge is -2.17. The summed E-state index contributed by atoms with van der Waals surface area (Å²) >= 11 is 0. The number of rotatable bonds is 7. The van der Waals surface area contributed by atoms with Crippen LogP contribution in [0.2, 0.25) is 0 Å². The van der Waals surface area contributed by atoms with Gasteiger partial charge in [-0.1, -0.05) is 42.5 Å². The molecule has 3 rings (SSSR count). The second kappa shape index (κ2) is 9.41. The molecule has 0 aliphatic carbocycles. The maximum atomic E-state index is 12.4. The fourth-order valence-electron chi connectivity index (χ4n) is 2.77. The monoisotopic (exact) mass is 391 g/mol. The molecule has 3 aromatic carbocycles. The normalized spacial score (nSPS) is 11.3. The minimum Gasteiger partial charge on any atom is -0.504 e. The van der Waals surface area contributed by atoms with Crippen molar-refractivity contribution in [3.8, 4) is 17.2 Å². The van der Waals surface area contributed by atoms with E-state index in [2.05, 4.69) is 5.32 Å². The number of benzene rings is 3. The van der Waals surface area contributed by atoms with E-state index in [4.69, 9.17) is 9.47 Å². The summed E-state index contributed by atoms with van der Waals surface area (Å²) in [6.45, 7) is 0. The number of phenols is 1. The Bertz CT molecular complexity index is 970. The van der Waals surface area contributed by atoms with Crippen LogP contribution < -0.4 is 10.1 Å². The highest BCUT2D eigenvalue weighted by atomic mass is 16.5. The number of amides is 1. The van der Waals surface area contributed by atoms with Crippen LogP contribution in [0, 0.1) is 0 Å². The molecule has 2 N–H and O–H groups in total. The van der Waals surface area contributed by atoms with Crippen LogP contribution >= 0.6 is 0 Å². The van der Waals surface area contributed by atoms with E-state index in [1.807, 2.05) is 6.07 Å². The molecule has 6 heteroatoms. The summed E-state index contributed by atoms with van der Waals surface area (Å²) in [5.74, 6) is 0.0660. The Balaban J connectivity index is 1.68. The fourth-order valence-corrected chi connectivity index (χ4v) is 2.77. The Labute approximate surface area is 168 Å². The molecule has 0 bridgehead atoms. The average Bonchev–Trinajstić information content (AvgIpc) is 2.76. The highest BCUT2D eigenvalue weighted by Crippen LogP contribution is 2.30. The predicted molar refractivity (Wildman–Crippen MR) is 108 cm³/mol. The maximum Gasteiger partial charge on any atom is 0.328 e. The van der Waals surface area contributed by atoms with E-state index < -0.39 is 12.0 Å². The molecule has 0 heterocycles. The van der Waals surface area contributed by atoms with Crippen molar-refractivity contribution in [2.75, 3.05) is 7.11 Å². The molecule has 0 radical (unpaired) electrons. The molecule has 148 valence electrons. The number of hydrogen-bond donors (Lipinski definition) is 2. The van der Waals surface area contributed by atoms with Crippen molar-refractivity contribution in [2.24, 2.45) is 0 Å². The van der Waals surface area contributed by atoms with Gasteiger partial charge in [-0.15, -0.1) is 0 Å². The number of carbonyl (C=O) groups is 2. The largest absolute Gasteiger partial charge is 0.504 e. The van der Waals surface area contributed by atoms with Crippen molar-refractivity contribution in [1.82, 2.24) is 5.32 Å². The molecule has 0 aliphatic rings. The molecular weight excluding hydrogens is 370 g/mol. The number of ether oxygens (including phenoxy) is 2. The van der Waals surface area contributed by atoms with Crippen molar-refractivity contribution in [3.63, 3.8) is 0 Å². The summed E-state index contributed by atoms with van der Waals surface area (Å²) in [6.07, 6.45) is 0.266. The Morgan fingerprint density at radius 1 is 0.931 bits per heavy atom. The van der Waals surface area contributed by atoms with Gasteiger partial charge in [0.2, 0.25) is 0 Å². The molecule has 0 unspecified atom stereocenters. The van der Waals surface area contributed by atoms with Crippen LogP contribution in [-0.4, -0.2) is 30.1 Å².